The molecule has 28 heavy (non-hydrogen) atoms. The molecular weight excluding hydrogens is 356 g/mol. The lowest BCUT2D eigenvalue weighted by Gasteiger charge is -2.18. The fourth-order valence-electron chi connectivity index (χ4n) is 4.15. The molecular formula is C22H22N2O4. The Morgan fingerprint density at radius 1 is 0.964 bits per heavy atom. The maximum atomic E-state index is 12.9. The molecule has 4 rings (SSSR count). The maximum Gasteiger partial charge on any atom is 0.308 e. The molecule has 2 aliphatic rings. The number of carbonyl (C=O) groups is 3. The molecule has 2 aliphatic heterocycles. The maximum absolute atomic E-state index is 12.9. The fraction of sp³-hybridized carbons (Fsp3) is 0.318. The number of anilines is 1. The highest BCUT2D eigenvalue weighted by Crippen LogP contribution is 2.34. The van der Waals surface area contributed by atoms with Crippen molar-refractivity contribution in [3.63, 3.8) is 0 Å². The minimum absolute atomic E-state index is 0.105. The van der Waals surface area contributed by atoms with Crippen LogP contribution < -0.4 is 4.90 Å². The SMILES string of the molecule is O=C(O)[C@@H]1CN(C(=O)c2ccc(N3CCCC3=O)cc2)C[C@@H]1c1ccccc1. The van der Waals surface area contributed by atoms with Gasteiger partial charge in [-0.3, -0.25) is 14.4 Å². The van der Waals surface area contributed by atoms with E-state index in [-0.39, 0.29) is 24.3 Å². The molecule has 0 aliphatic carbocycles. The quantitative estimate of drug-likeness (QED) is 0.887. The Bertz CT molecular complexity index is 895. The van der Waals surface area contributed by atoms with Crippen molar-refractivity contribution in [1.29, 1.82) is 0 Å². The molecule has 0 unspecified atom stereocenters. The average Bonchev–Trinajstić information content (AvgIpc) is 3.35. The number of aliphatic carboxylic acids is 1. The van der Waals surface area contributed by atoms with Gasteiger partial charge in [0.15, 0.2) is 0 Å². The standard InChI is InChI=1S/C22H22N2O4/c25-20-7-4-12-24(20)17-10-8-16(9-11-17)21(26)23-13-18(19(14-23)22(27)28)15-5-2-1-3-6-15/h1-3,5-6,8-11,18-19H,4,7,12-14H2,(H,27,28)/t18-,19-/m1/s1. The summed E-state index contributed by atoms with van der Waals surface area (Å²) in [4.78, 5) is 39.9. The molecule has 2 amide bonds. The van der Waals surface area contributed by atoms with Gasteiger partial charge in [-0.25, -0.2) is 0 Å². The summed E-state index contributed by atoms with van der Waals surface area (Å²) in [6.45, 7) is 1.28. The van der Waals surface area contributed by atoms with Gasteiger partial charge in [0.25, 0.3) is 5.91 Å². The number of rotatable bonds is 4. The molecule has 2 atom stereocenters. The van der Waals surface area contributed by atoms with Crippen molar-refractivity contribution in [3.8, 4) is 0 Å². The van der Waals surface area contributed by atoms with Gasteiger partial charge in [-0.05, 0) is 36.2 Å². The zero-order valence-corrected chi connectivity index (χ0v) is 15.5. The number of carboxylic acid groups (broad SMARTS) is 1. The van der Waals surface area contributed by atoms with E-state index >= 15 is 0 Å². The number of carbonyl (C=O) groups excluding carboxylic acids is 2. The lowest BCUT2D eigenvalue weighted by Crippen LogP contribution is -2.30. The molecule has 2 heterocycles. The molecule has 2 aromatic carbocycles. The Labute approximate surface area is 163 Å². The molecule has 144 valence electrons. The number of benzene rings is 2. The van der Waals surface area contributed by atoms with Crippen molar-refractivity contribution in [2.75, 3.05) is 24.5 Å². The Morgan fingerprint density at radius 2 is 1.68 bits per heavy atom. The van der Waals surface area contributed by atoms with E-state index in [1.54, 1.807) is 34.1 Å². The van der Waals surface area contributed by atoms with Gasteiger partial charge in [0.05, 0.1) is 5.92 Å². The lowest BCUT2D eigenvalue weighted by atomic mass is 9.89. The highest BCUT2D eigenvalue weighted by atomic mass is 16.4. The van der Waals surface area contributed by atoms with Crippen LogP contribution in [0.3, 0.4) is 0 Å². The van der Waals surface area contributed by atoms with E-state index in [2.05, 4.69) is 0 Å². The summed E-state index contributed by atoms with van der Waals surface area (Å²) in [5.74, 6) is -1.79. The molecule has 0 aromatic heterocycles. The predicted molar refractivity (Wildman–Crippen MR) is 104 cm³/mol. The van der Waals surface area contributed by atoms with Crippen molar-refractivity contribution < 1.29 is 19.5 Å². The first-order valence-corrected chi connectivity index (χ1v) is 9.52. The first-order chi connectivity index (χ1) is 13.5. The zero-order valence-electron chi connectivity index (χ0n) is 15.5. The number of hydrogen-bond donors (Lipinski definition) is 1. The van der Waals surface area contributed by atoms with Gasteiger partial charge >= 0.3 is 5.97 Å². The minimum Gasteiger partial charge on any atom is -0.481 e. The molecule has 0 saturated carbocycles. The normalized spacial score (nSPS) is 21.9. The third-order valence-corrected chi connectivity index (χ3v) is 5.65. The van der Waals surface area contributed by atoms with Crippen molar-refractivity contribution in [3.05, 3.63) is 65.7 Å². The van der Waals surface area contributed by atoms with Crippen LogP contribution in [0.25, 0.3) is 0 Å². The van der Waals surface area contributed by atoms with E-state index in [0.29, 0.717) is 25.1 Å². The zero-order chi connectivity index (χ0) is 19.7. The largest absolute Gasteiger partial charge is 0.481 e. The van der Waals surface area contributed by atoms with Crippen molar-refractivity contribution in [2.45, 2.75) is 18.8 Å². The van der Waals surface area contributed by atoms with E-state index in [0.717, 1.165) is 17.7 Å². The molecule has 0 radical (unpaired) electrons. The highest BCUT2D eigenvalue weighted by Gasteiger charge is 2.40. The Morgan fingerprint density at radius 3 is 2.29 bits per heavy atom. The van der Waals surface area contributed by atoms with Crippen LogP contribution in [0.1, 0.15) is 34.7 Å². The van der Waals surface area contributed by atoms with Gasteiger partial charge in [-0.15, -0.1) is 0 Å². The summed E-state index contributed by atoms with van der Waals surface area (Å²) in [6.07, 6.45) is 1.41. The number of amides is 2. The van der Waals surface area contributed by atoms with Crippen LogP contribution in [0, 0.1) is 5.92 Å². The third kappa shape index (κ3) is 3.38. The Hall–Kier alpha value is -3.15. The van der Waals surface area contributed by atoms with E-state index in [9.17, 15) is 19.5 Å². The van der Waals surface area contributed by atoms with E-state index in [1.165, 1.54) is 0 Å². The van der Waals surface area contributed by atoms with Crippen molar-refractivity contribution in [1.82, 2.24) is 4.90 Å². The number of nitrogens with zero attached hydrogens (tertiary/aromatic N) is 2. The van der Waals surface area contributed by atoms with Crippen molar-refractivity contribution >= 4 is 23.5 Å². The van der Waals surface area contributed by atoms with Crippen molar-refractivity contribution in [2.24, 2.45) is 5.92 Å². The molecule has 6 nitrogen and oxygen atoms in total. The predicted octanol–water partition coefficient (Wildman–Crippen LogP) is 2.75. The molecule has 0 bridgehead atoms. The topological polar surface area (TPSA) is 77.9 Å². The Kier molecular flexibility index (Phi) is 4.86. The summed E-state index contributed by atoms with van der Waals surface area (Å²) >= 11 is 0. The van der Waals surface area contributed by atoms with Crippen LogP contribution in [0.2, 0.25) is 0 Å². The summed E-state index contributed by atoms with van der Waals surface area (Å²) < 4.78 is 0. The highest BCUT2D eigenvalue weighted by molar-refractivity contribution is 5.98. The molecule has 6 heteroatoms. The van der Waals surface area contributed by atoms with E-state index in [1.807, 2.05) is 30.3 Å². The van der Waals surface area contributed by atoms with Crippen LogP contribution in [-0.4, -0.2) is 47.4 Å². The Balaban J connectivity index is 1.51. The van der Waals surface area contributed by atoms with Gasteiger partial charge in [0.2, 0.25) is 5.91 Å². The molecule has 2 aromatic rings. The second-order valence-corrected chi connectivity index (χ2v) is 7.37. The van der Waals surface area contributed by atoms with Gasteiger partial charge in [0.1, 0.15) is 0 Å². The summed E-state index contributed by atoms with van der Waals surface area (Å²) in [5, 5.41) is 9.62. The van der Waals surface area contributed by atoms with Gasteiger partial charge in [-0.2, -0.15) is 0 Å². The smallest absolute Gasteiger partial charge is 0.308 e. The first-order valence-electron chi connectivity index (χ1n) is 9.52. The molecule has 2 saturated heterocycles. The lowest BCUT2D eigenvalue weighted by molar-refractivity contribution is -0.141. The summed E-state index contributed by atoms with van der Waals surface area (Å²) in [6, 6.07) is 16.5. The van der Waals surface area contributed by atoms with Crippen LogP contribution in [0.15, 0.2) is 54.6 Å². The van der Waals surface area contributed by atoms with Gasteiger partial charge in [0, 0.05) is 43.2 Å². The van der Waals surface area contributed by atoms with E-state index in [4.69, 9.17) is 0 Å². The van der Waals surface area contributed by atoms with Gasteiger partial charge in [-0.1, -0.05) is 30.3 Å². The van der Waals surface area contributed by atoms with E-state index < -0.39 is 11.9 Å². The number of hydrogen-bond acceptors (Lipinski definition) is 3. The van der Waals surface area contributed by atoms with Crippen LogP contribution in [-0.2, 0) is 9.59 Å². The average molecular weight is 378 g/mol. The fourth-order valence-corrected chi connectivity index (χ4v) is 4.15. The second-order valence-electron chi connectivity index (χ2n) is 7.37. The van der Waals surface area contributed by atoms with Gasteiger partial charge < -0.3 is 14.9 Å². The monoisotopic (exact) mass is 378 g/mol. The number of carboxylic acids is 1. The van der Waals surface area contributed by atoms with Crippen LogP contribution in [0.4, 0.5) is 5.69 Å². The van der Waals surface area contributed by atoms with Crippen LogP contribution >= 0.6 is 0 Å². The second kappa shape index (κ2) is 7.46. The molecule has 1 N–H and O–H groups in total. The van der Waals surface area contributed by atoms with Crippen LogP contribution in [0.5, 0.6) is 0 Å². The minimum atomic E-state index is -0.882. The molecule has 0 spiro atoms. The first kappa shape index (κ1) is 18.2. The summed E-state index contributed by atoms with van der Waals surface area (Å²) in [7, 11) is 0. The molecule has 2 fully saturated rings. The summed E-state index contributed by atoms with van der Waals surface area (Å²) in [5.41, 5.74) is 2.24. The number of likely N-dealkylation sites (tertiary alicyclic amines) is 1. The third-order valence-electron chi connectivity index (χ3n) is 5.65.